The second kappa shape index (κ2) is 5.66. The molecule has 0 saturated carbocycles. The molecule has 1 rings (SSSR count). The second-order valence-corrected chi connectivity index (χ2v) is 3.51. The Morgan fingerprint density at radius 3 is 2.86 bits per heavy atom. The highest BCUT2D eigenvalue weighted by Crippen LogP contribution is 2.15. The quantitative estimate of drug-likeness (QED) is 0.779. The summed E-state index contributed by atoms with van der Waals surface area (Å²) >= 11 is 0. The molecule has 2 nitrogen and oxygen atoms in total. The Hall–Kier alpha value is -1.02. The van der Waals surface area contributed by atoms with Crippen LogP contribution in [0.3, 0.4) is 0 Å². The molecule has 1 aromatic rings. The number of hydrogen-bond donors (Lipinski definition) is 1. The lowest BCUT2D eigenvalue weighted by Crippen LogP contribution is -2.16. The minimum Gasteiger partial charge on any atom is -0.491 e. The molecule has 0 spiro atoms. The molecule has 0 saturated heterocycles. The van der Waals surface area contributed by atoms with Crippen LogP contribution in [0.25, 0.3) is 0 Å². The molecule has 1 aromatic carbocycles. The molecule has 1 atom stereocenters. The third-order valence-electron chi connectivity index (χ3n) is 2.22. The van der Waals surface area contributed by atoms with Gasteiger partial charge in [-0.25, -0.2) is 0 Å². The lowest BCUT2D eigenvalue weighted by Gasteiger charge is -2.14. The van der Waals surface area contributed by atoms with Crippen molar-refractivity contribution in [2.24, 2.45) is 5.73 Å². The Balaban J connectivity index is 2.57. The van der Waals surface area contributed by atoms with Gasteiger partial charge in [0.05, 0.1) is 6.10 Å². The molecule has 0 radical (unpaired) electrons. The second-order valence-electron chi connectivity index (χ2n) is 3.51. The molecule has 0 aromatic heterocycles. The first-order chi connectivity index (χ1) is 6.76. The fourth-order valence-electron chi connectivity index (χ4n) is 1.36. The fraction of sp³-hybridized carbons (Fsp3) is 0.500. The van der Waals surface area contributed by atoms with Crippen molar-refractivity contribution >= 4 is 0 Å². The van der Waals surface area contributed by atoms with Crippen LogP contribution in [0, 0.1) is 0 Å². The van der Waals surface area contributed by atoms with Gasteiger partial charge in [-0.15, -0.1) is 0 Å². The van der Waals surface area contributed by atoms with Gasteiger partial charge in [-0.05, 0) is 44.0 Å². The van der Waals surface area contributed by atoms with E-state index in [0.29, 0.717) is 6.54 Å². The topological polar surface area (TPSA) is 35.2 Å². The Labute approximate surface area is 86.1 Å². The lowest BCUT2D eigenvalue weighted by atomic mass is 10.1. The summed E-state index contributed by atoms with van der Waals surface area (Å²) in [5.74, 6) is 0.949. The molecule has 0 aliphatic carbocycles. The average Bonchev–Trinajstić information content (AvgIpc) is 2.18. The first kappa shape index (κ1) is 11.1. The van der Waals surface area contributed by atoms with E-state index in [1.165, 1.54) is 5.56 Å². The van der Waals surface area contributed by atoms with Crippen LogP contribution in [-0.4, -0.2) is 12.6 Å². The minimum atomic E-state index is 0.201. The predicted molar refractivity (Wildman–Crippen MR) is 59.6 cm³/mol. The van der Waals surface area contributed by atoms with Crippen LogP contribution in [0.4, 0.5) is 0 Å². The molecular formula is C12H19NO. The zero-order valence-corrected chi connectivity index (χ0v) is 8.99. The van der Waals surface area contributed by atoms with E-state index in [4.69, 9.17) is 10.5 Å². The van der Waals surface area contributed by atoms with Gasteiger partial charge in [0.15, 0.2) is 0 Å². The minimum absolute atomic E-state index is 0.201. The molecule has 0 aliphatic rings. The zero-order chi connectivity index (χ0) is 10.4. The molecule has 0 aliphatic heterocycles. The standard InChI is InChI=1S/C12H19NO/c1-3-11-5-4-6-12(9-11)14-10(2)7-8-13/h4-6,9-10H,3,7-8,13H2,1-2H3. The van der Waals surface area contributed by atoms with E-state index in [-0.39, 0.29) is 6.10 Å². The van der Waals surface area contributed by atoms with Crippen molar-refractivity contribution in [2.45, 2.75) is 32.8 Å². The molecule has 14 heavy (non-hydrogen) atoms. The summed E-state index contributed by atoms with van der Waals surface area (Å²) in [7, 11) is 0. The normalized spacial score (nSPS) is 12.5. The molecule has 0 heterocycles. The number of rotatable bonds is 5. The molecule has 1 unspecified atom stereocenters. The summed E-state index contributed by atoms with van der Waals surface area (Å²) in [6.07, 6.45) is 2.14. The van der Waals surface area contributed by atoms with Gasteiger partial charge in [-0.3, -0.25) is 0 Å². The summed E-state index contributed by atoms with van der Waals surface area (Å²) in [6.45, 7) is 4.86. The summed E-state index contributed by atoms with van der Waals surface area (Å²) in [5, 5.41) is 0. The van der Waals surface area contributed by atoms with Crippen LogP contribution < -0.4 is 10.5 Å². The first-order valence-corrected chi connectivity index (χ1v) is 5.22. The van der Waals surface area contributed by atoms with Crippen LogP contribution in [0.5, 0.6) is 5.75 Å². The molecule has 2 N–H and O–H groups in total. The SMILES string of the molecule is CCc1cccc(OC(C)CCN)c1. The summed E-state index contributed by atoms with van der Waals surface area (Å²) < 4.78 is 5.72. The van der Waals surface area contributed by atoms with E-state index >= 15 is 0 Å². The van der Waals surface area contributed by atoms with Crippen molar-refractivity contribution in [1.29, 1.82) is 0 Å². The van der Waals surface area contributed by atoms with Gasteiger partial charge in [-0.2, -0.15) is 0 Å². The monoisotopic (exact) mass is 193 g/mol. The first-order valence-electron chi connectivity index (χ1n) is 5.22. The van der Waals surface area contributed by atoms with Crippen molar-refractivity contribution in [3.05, 3.63) is 29.8 Å². The van der Waals surface area contributed by atoms with Gasteiger partial charge in [0, 0.05) is 0 Å². The maximum Gasteiger partial charge on any atom is 0.119 e. The van der Waals surface area contributed by atoms with E-state index in [2.05, 4.69) is 19.1 Å². The maximum atomic E-state index is 5.72. The van der Waals surface area contributed by atoms with Gasteiger partial charge in [0.1, 0.15) is 5.75 Å². The Morgan fingerprint density at radius 2 is 2.21 bits per heavy atom. The number of benzene rings is 1. The van der Waals surface area contributed by atoms with Crippen LogP contribution in [0.1, 0.15) is 25.8 Å². The number of nitrogens with two attached hydrogens (primary N) is 1. The van der Waals surface area contributed by atoms with Gasteiger partial charge in [-0.1, -0.05) is 19.1 Å². The molecule has 78 valence electrons. The Kier molecular flexibility index (Phi) is 4.47. The van der Waals surface area contributed by atoms with Crippen molar-refractivity contribution < 1.29 is 4.74 Å². The largest absolute Gasteiger partial charge is 0.491 e. The highest BCUT2D eigenvalue weighted by Gasteiger charge is 2.02. The smallest absolute Gasteiger partial charge is 0.119 e. The Morgan fingerprint density at radius 1 is 1.43 bits per heavy atom. The third kappa shape index (κ3) is 3.38. The number of ether oxygens (including phenoxy) is 1. The van der Waals surface area contributed by atoms with E-state index in [1.54, 1.807) is 0 Å². The highest BCUT2D eigenvalue weighted by molar-refractivity contribution is 5.28. The van der Waals surface area contributed by atoms with Gasteiger partial charge >= 0.3 is 0 Å². The van der Waals surface area contributed by atoms with Crippen LogP contribution in [-0.2, 0) is 6.42 Å². The van der Waals surface area contributed by atoms with Crippen molar-refractivity contribution in [3.8, 4) is 5.75 Å². The van der Waals surface area contributed by atoms with Crippen LogP contribution in [0.2, 0.25) is 0 Å². The fourth-order valence-corrected chi connectivity index (χ4v) is 1.36. The summed E-state index contributed by atoms with van der Waals surface area (Å²) in [5.41, 5.74) is 6.77. The number of hydrogen-bond acceptors (Lipinski definition) is 2. The van der Waals surface area contributed by atoms with Crippen molar-refractivity contribution in [2.75, 3.05) is 6.54 Å². The van der Waals surface area contributed by atoms with E-state index in [1.807, 2.05) is 19.1 Å². The predicted octanol–water partition coefficient (Wildman–Crippen LogP) is 2.37. The summed E-state index contributed by atoms with van der Waals surface area (Å²) in [6, 6.07) is 8.23. The van der Waals surface area contributed by atoms with Gasteiger partial charge < -0.3 is 10.5 Å². The van der Waals surface area contributed by atoms with Gasteiger partial charge in [0.2, 0.25) is 0 Å². The van der Waals surface area contributed by atoms with Crippen LogP contribution in [0.15, 0.2) is 24.3 Å². The van der Waals surface area contributed by atoms with Crippen molar-refractivity contribution in [1.82, 2.24) is 0 Å². The molecular weight excluding hydrogens is 174 g/mol. The molecule has 0 fully saturated rings. The van der Waals surface area contributed by atoms with E-state index in [0.717, 1.165) is 18.6 Å². The molecule has 0 amide bonds. The molecule has 0 bridgehead atoms. The average molecular weight is 193 g/mol. The third-order valence-corrected chi connectivity index (χ3v) is 2.22. The maximum absolute atomic E-state index is 5.72. The Bertz CT molecular complexity index is 273. The lowest BCUT2D eigenvalue weighted by molar-refractivity contribution is 0.213. The van der Waals surface area contributed by atoms with Crippen LogP contribution >= 0.6 is 0 Å². The summed E-state index contributed by atoms with van der Waals surface area (Å²) in [4.78, 5) is 0. The zero-order valence-electron chi connectivity index (χ0n) is 8.99. The van der Waals surface area contributed by atoms with E-state index < -0.39 is 0 Å². The van der Waals surface area contributed by atoms with E-state index in [9.17, 15) is 0 Å². The highest BCUT2D eigenvalue weighted by atomic mass is 16.5. The van der Waals surface area contributed by atoms with Crippen molar-refractivity contribution in [3.63, 3.8) is 0 Å². The molecule has 2 heteroatoms. The number of aryl methyl sites for hydroxylation is 1. The van der Waals surface area contributed by atoms with Gasteiger partial charge in [0.25, 0.3) is 0 Å².